The van der Waals surface area contributed by atoms with Crippen LogP contribution in [0.2, 0.25) is 0 Å². The lowest BCUT2D eigenvalue weighted by molar-refractivity contribution is -0.138. The molecule has 0 spiro atoms. The molecule has 3 nitrogen and oxygen atoms in total. The normalized spacial score (nSPS) is 18.8. The topological polar surface area (TPSA) is 36.4 Å². The van der Waals surface area contributed by atoms with Crippen molar-refractivity contribution in [1.82, 2.24) is 10.6 Å². The lowest BCUT2D eigenvalue weighted by atomic mass is 9.95. The molecule has 0 unspecified atom stereocenters. The first kappa shape index (κ1) is 19.1. The Balaban J connectivity index is 1.57. The zero-order valence-electron chi connectivity index (χ0n) is 15.5. The van der Waals surface area contributed by atoms with Crippen LogP contribution in [0.25, 0.3) is 0 Å². The highest BCUT2D eigenvalue weighted by atomic mass is 19.4. The molecule has 0 aliphatic carbocycles. The Morgan fingerprint density at radius 3 is 2.03 bits per heavy atom. The second-order valence-electron chi connectivity index (χ2n) is 6.87. The zero-order chi connectivity index (χ0) is 20.3. The van der Waals surface area contributed by atoms with Gasteiger partial charge in [0.1, 0.15) is 6.04 Å². The Labute approximate surface area is 167 Å². The van der Waals surface area contributed by atoms with Gasteiger partial charge in [0.25, 0.3) is 0 Å². The molecule has 148 valence electrons. The van der Waals surface area contributed by atoms with Crippen LogP contribution in [0.4, 0.5) is 13.2 Å². The van der Waals surface area contributed by atoms with E-state index in [1.807, 2.05) is 60.7 Å². The molecule has 2 atom stereocenters. The minimum absolute atomic E-state index is 0.0323. The van der Waals surface area contributed by atoms with Gasteiger partial charge in [-0.05, 0) is 22.8 Å². The zero-order valence-corrected chi connectivity index (χ0v) is 15.5. The van der Waals surface area contributed by atoms with Gasteiger partial charge in [0.05, 0.1) is 11.6 Å². The van der Waals surface area contributed by atoms with Crippen LogP contribution < -0.4 is 10.6 Å². The number of nitrogens with one attached hydrogen (secondary N) is 2. The summed E-state index contributed by atoms with van der Waals surface area (Å²) >= 11 is 0. The number of nitrogens with zero attached hydrogens (tertiary/aromatic N) is 1. The standard InChI is InChI=1S/C23H20F3N3/c24-23(25,26)19-14-8-7-13-18(19)15-27-22-28-20(16-9-3-1-4-10-16)21(29-22)17-11-5-2-6-12-17/h1-14,20-21H,15H2,(H2,27,28,29)/t20-,21+. The van der Waals surface area contributed by atoms with E-state index >= 15 is 0 Å². The summed E-state index contributed by atoms with van der Waals surface area (Å²) in [5.41, 5.74) is 1.66. The van der Waals surface area contributed by atoms with E-state index in [4.69, 9.17) is 4.99 Å². The average Bonchev–Trinajstić information content (AvgIpc) is 3.17. The second-order valence-corrected chi connectivity index (χ2v) is 6.87. The van der Waals surface area contributed by atoms with E-state index in [1.165, 1.54) is 12.1 Å². The summed E-state index contributed by atoms with van der Waals surface area (Å²) in [6, 6.07) is 25.1. The first-order chi connectivity index (χ1) is 14.0. The monoisotopic (exact) mass is 395 g/mol. The average molecular weight is 395 g/mol. The molecule has 3 aromatic rings. The molecule has 3 aromatic carbocycles. The Morgan fingerprint density at radius 2 is 1.38 bits per heavy atom. The van der Waals surface area contributed by atoms with Gasteiger partial charge < -0.3 is 10.6 Å². The van der Waals surface area contributed by atoms with E-state index in [-0.39, 0.29) is 24.2 Å². The molecule has 0 saturated carbocycles. The molecule has 0 fully saturated rings. The predicted molar refractivity (Wildman–Crippen MR) is 107 cm³/mol. The molecule has 0 saturated heterocycles. The second kappa shape index (κ2) is 7.99. The first-order valence-corrected chi connectivity index (χ1v) is 9.35. The van der Waals surface area contributed by atoms with Crippen molar-refractivity contribution in [2.45, 2.75) is 24.8 Å². The van der Waals surface area contributed by atoms with Gasteiger partial charge in [-0.2, -0.15) is 13.2 Å². The fourth-order valence-electron chi connectivity index (χ4n) is 3.55. The Kier molecular flexibility index (Phi) is 5.25. The van der Waals surface area contributed by atoms with Gasteiger partial charge >= 0.3 is 6.18 Å². The van der Waals surface area contributed by atoms with Gasteiger partial charge in [-0.25, -0.2) is 4.99 Å². The maximum Gasteiger partial charge on any atom is 0.416 e. The van der Waals surface area contributed by atoms with E-state index in [1.54, 1.807) is 6.07 Å². The van der Waals surface area contributed by atoms with E-state index in [0.717, 1.165) is 17.2 Å². The predicted octanol–water partition coefficient (Wildman–Crippen LogP) is 5.24. The van der Waals surface area contributed by atoms with Crippen molar-refractivity contribution in [3.05, 3.63) is 107 Å². The van der Waals surface area contributed by atoms with E-state index in [9.17, 15) is 13.2 Å². The molecule has 0 amide bonds. The molecule has 0 bridgehead atoms. The number of hydrogen-bond acceptors (Lipinski definition) is 3. The highest BCUT2D eigenvalue weighted by Crippen LogP contribution is 2.36. The Hall–Kier alpha value is -3.28. The lowest BCUT2D eigenvalue weighted by Gasteiger charge is -2.19. The minimum atomic E-state index is -4.39. The van der Waals surface area contributed by atoms with Crippen molar-refractivity contribution in [2.24, 2.45) is 4.99 Å². The number of hydrogen-bond donors (Lipinski definition) is 2. The van der Waals surface area contributed by atoms with Gasteiger partial charge in [0, 0.05) is 6.54 Å². The van der Waals surface area contributed by atoms with Crippen LogP contribution in [0, 0.1) is 0 Å². The van der Waals surface area contributed by atoms with Crippen molar-refractivity contribution in [3.63, 3.8) is 0 Å². The van der Waals surface area contributed by atoms with E-state index in [0.29, 0.717) is 5.96 Å². The number of alkyl halides is 3. The molecule has 1 aliphatic heterocycles. The quantitative estimate of drug-likeness (QED) is 0.634. The molecule has 1 heterocycles. The molecule has 2 N–H and O–H groups in total. The van der Waals surface area contributed by atoms with Crippen LogP contribution in [0.5, 0.6) is 0 Å². The van der Waals surface area contributed by atoms with Crippen molar-refractivity contribution < 1.29 is 13.2 Å². The number of guanidine groups is 1. The third-order valence-electron chi connectivity index (χ3n) is 4.94. The summed E-state index contributed by atoms with van der Waals surface area (Å²) in [7, 11) is 0. The highest BCUT2D eigenvalue weighted by Gasteiger charge is 2.34. The molecular formula is C23H20F3N3. The summed E-state index contributed by atoms with van der Waals surface area (Å²) in [6.07, 6.45) is -4.39. The molecule has 4 rings (SSSR count). The fourth-order valence-corrected chi connectivity index (χ4v) is 3.55. The number of benzene rings is 3. The fraction of sp³-hybridized carbons (Fsp3) is 0.174. The van der Waals surface area contributed by atoms with E-state index in [2.05, 4.69) is 10.6 Å². The largest absolute Gasteiger partial charge is 0.416 e. The third kappa shape index (κ3) is 4.26. The summed E-state index contributed by atoms with van der Waals surface area (Å²) in [6.45, 7) is 0.0323. The summed E-state index contributed by atoms with van der Waals surface area (Å²) in [4.78, 5) is 4.74. The van der Waals surface area contributed by atoms with Crippen LogP contribution in [-0.4, -0.2) is 5.96 Å². The van der Waals surface area contributed by atoms with E-state index < -0.39 is 11.7 Å². The molecular weight excluding hydrogens is 375 g/mol. The van der Waals surface area contributed by atoms with Crippen molar-refractivity contribution in [3.8, 4) is 0 Å². The van der Waals surface area contributed by atoms with Crippen LogP contribution in [-0.2, 0) is 12.7 Å². The van der Waals surface area contributed by atoms with Gasteiger partial charge in [-0.1, -0.05) is 78.9 Å². The van der Waals surface area contributed by atoms with Crippen LogP contribution in [0.1, 0.15) is 34.3 Å². The SMILES string of the molecule is FC(F)(F)c1ccccc1CNC1=N[C@@H](c2ccccc2)[C@@H](c2ccccc2)N1. The lowest BCUT2D eigenvalue weighted by Crippen LogP contribution is -2.35. The van der Waals surface area contributed by atoms with Crippen molar-refractivity contribution in [2.75, 3.05) is 0 Å². The first-order valence-electron chi connectivity index (χ1n) is 9.35. The third-order valence-corrected chi connectivity index (χ3v) is 4.94. The Morgan fingerprint density at radius 1 is 0.793 bits per heavy atom. The maximum absolute atomic E-state index is 13.2. The van der Waals surface area contributed by atoms with Crippen molar-refractivity contribution in [1.29, 1.82) is 0 Å². The van der Waals surface area contributed by atoms with Gasteiger partial charge in [-0.3, -0.25) is 0 Å². The number of halogens is 3. The number of rotatable bonds is 4. The van der Waals surface area contributed by atoms with Crippen LogP contribution in [0.3, 0.4) is 0 Å². The van der Waals surface area contributed by atoms with Gasteiger partial charge in [-0.15, -0.1) is 0 Å². The van der Waals surface area contributed by atoms with Crippen molar-refractivity contribution >= 4 is 5.96 Å². The maximum atomic E-state index is 13.2. The summed E-state index contributed by atoms with van der Waals surface area (Å²) in [5, 5.41) is 6.39. The summed E-state index contributed by atoms with van der Waals surface area (Å²) in [5.74, 6) is 0.490. The van der Waals surface area contributed by atoms with Crippen LogP contribution in [0.15, 0.2) is 89.9 Å². The molecule has 29 heavy (non-hydrogen) atoms. The molecule has 0 radical (unpaired) electrons. The minimum Gasteiger partial charge on any atom is -0.352 e. The van der Waals surface area contributed by atoms with Gasteiger partial charge in [0.2, 0.25) is 0 Å². The molecule has 1 aliphatic rings. The highest BCUT2D eigenvalue weighted by molar-refractivity contribution is 5.82. The van der Waals surface area contributed by atoms with Crippen LogP contribution >= 0.6 is 0 Å². The summed E-state index contributed by atoms with van der Waals surface area (Å²) < 4.78 is 39.7. The van der Waals surface area contributed by atoms with Gasteiger partial charge in [0.15, 0.2) is 5.96 Å². The molecule has 6 heteroatoms. The molecule has 0 aromatic heterocycles. The number of aliphatic imine (C=N–C) groups is 1. The smallest absolute Gasteiger partial charge is 0.352 e. The Bertz CT molecular complexity index is 985.